The highest BCUT2D eigenvalue weighted by molar-refractivity contribution is 6.89. The Morgan fingerprint density at radius 1 is 1.27 bits per heavy atom. The monoisotopic (exact) mass is 149 g/mol. The molecule has 0 amide bonds. The van der Waals surface area contributed by atoms with Crippen molar-refractivity contribution >= 4 is 14.9 Å². The van der Waals surface area contributed by atoms with Gasteiger partial charge in [-0.05, 0) is 11.8 Å². The fourth-order valence-electron chi connectivity index (χ4n) is 1.51. The third kappa shape index (κ3) is 4.55. The fraction of sp³-hybridized carbons (Fsp3) is 1.00. The summed E-state index contributed by atoms with van der Waals surface area (Å²) in [4.78, 5) is 0. The van der Waals surface area contributed by atoms with Gasteiger partial charge in [0.05, 0.1) is 7.17 Å². The number of rotatable bonds is 6. The summed E-state index contributed by atoms with van der Waals surface area (Å²) in [5.41, 5.74) is 0.532. The lowest BCUT2D eigenvalue weighted by molar-refractivity contribution is 0.270. The highest BCUT2D eigenvalue weighted by atomic mass is 14.2. The van der Waals surface area contributed by atoms with Gasteiger partial charge in [0.1, 0.15) is 0 Å². The maximum Gasteiger partial charge on any atom is 0.0545 e. The second kappa shape index (κ2) is 5.74. The van der Waals surface area contributed by atoms with Crippen molar-refractivity contribution in [3.05, 3.63) is 0 Å². The van der Waals surface area contributed by atoms with Gasteiger partial charge in [-0.3, -0.25) is 0 Å². The van der Waals surface area contributed by atoms with E-state index in [2.05, 4.69) is 20.8 Å². The van der Waals surface area contributed by atoms with Crippen molar-refractivity contribution in [3.63, 3.8) is 0 Å². The van der Waals surface area contributed by atoms with Crippen molar-refractivity contribution in [2.75, 3.05) is 0 Å². The van der Waals surface area contributed by atoms with Crippen LogP contribution in [0.3, 0.4) is 0 Å². The SMILES string of the molecule is [B][B]CCC(C)(CC)CCC. The molecule has 0 N–H and O–H groups in total. The molecule has 0 aromatic carbocycles. The molecule has 11 heavy (non-hydrogen) atoms. The molecule has 0 bridgehead atoms. The second-order valence-electron chi connectivity index (χ2n) is 3.69. The van der Waals surface area contributed by atoms with Crippen molar-refractivity contribution in [2.45, 2.75) is 52.8 Å². The summed E-state index contributed by atoms with van der Waals surface area (Å²) < 4.78 is 0. The average molecular weight is 149 g/mol. The van der Waals surface area contributed by atoms with Gasteiger partial charge in [0, 0.05) is 7.74 Å². The molecule has 0 aliphatic carbocycles. The minimum Gasteiger partial charge on any atom is -0.0890 e. The van der Waals surface area contributed by atoms with Gasteiger partial charge in [0.2, 0.25) is 0 Å². The maximum atomic E-state index is 5.36. The number of hydrogen-bond acceptors (Lipinski definition) is 0. The first-order valence-electron chi connectivity index (χ1n) is 4.72. The summed E-state index contributed by atoms with van der Waals surface area (Å²) in [6.45, 7) is 6.88. The van der Waals surface area contributed by atoms with E-state index in [0.717, 1.165) is 6.32 Å². The molecule has 1 atom stereocenters. The third-order valence-electron chi connectivity index (χ3n) is 2.62. The van der Waals surface area contributed by atoms with Crippen molar-refractivity contribution < 1.29 is 0 Å². The zero-order valence-electron chi connectivity index (χ0n) is 8.19. The van der Waals surface area contributed by atoms with E-state index in [9.17, 15) is 0 Å². The van der Waals surface area contributed by atoms with Gasteiger partial charge in [-0.15, -0.1) is 0 Å². The molecule has 0 rings (SSSR count). The summed E-state index contributed by atoms with van der Waals surface area (Å²) in [5.74, 6) is 0. The molecule has 1 unspecified atom stereocenters. The van der Waals surface area contributed by atoms with Crippen LogP contribution in [-0.2, 0) is 0 Å². The Hall–Kier alpha value is 0.130. The summed E-state index contributed by atoms with van der Waals surface area (Å²) >= 11 is 0. The summed E-state index contributed by atoms with van der Waals surface area (Å²) in [5, 5.41) is 0. The van der Waals surface area contributed by atoms with Crippen molar-refractivity contribution in [2.24, 2.45) is 5.41 Å². The van der Waals surface area contributed by atoms with Crippen LogP contribution < -0.4 is 0 Å². The predicted octanol–water partition coefficient (Wildman–Crippen LogP) is 2.80. The van der Waals surface area contributed by atoms with Crippen LogP contribution in [0.5, 0.6) is 0 Å². The largest absolute Gasteiger partial charge is 0.0890 e. The van der Waals surface area contributed by atoms with E-state index in [4.69, 9.17) is 7.74 Å². The van der Waals surface area contributed by atoms with E-state index >= 15 is 0 Å². The smallest absolute Gasteiger partial charge is 0.0545 e. The van der Waals surface area contributed by atoms with Gasteiger partial charge in [0.15, 0.2) is 0 Å². The molecule has 0 spiro atoms. The van der Waals surface area contributed by atoms with E-state index in [1.54, 1.807) is 7.17 Å². The third-order valence-corrected chi connectivity index (χ3v) is 2.62. The Morgan fingerprint density at radius 3 is 2.27 bits per heavy atom. The molecule has 0 aliphatic heterocycles. The van der Waals surface area contributed by atoms with Gasteiger partial charge in [-0.2, -0.15) is 0 Å². The van der Waals surface area contributed by atoms with Gasteiger partial charge in [0.25, 0.3) is 0 Å². The van der Waals surface area contributed by atoms with E-state index in [1.165, 1.54) is 25.7 Å². The summed E-state index contributed by atoms with van der Waals surface area (Å²) in [7, 11) is 7.14. The molecular formula is C9H19B2. The first-order chi connectivity index (χ1) is 5.18. The zero-order valence-corrected chi connectivity index (χ0v) is 8.19. The fourth-order valence-corrected chi connectivity index (χ4v) is 1.51. The van der Waals surface area contributed by atoms with Crippen LogP contribution in [0.15, 0.2) is 0 Å². The molecule has 0 fully saturated rings. The molecular weight excluding hydrogens is 130 g/mol. The molecule has 2 heteroatoms. The normalized spacial score (nSPS) is 15.9. The highest BCUT2D eigenvalue weighted by Gasteiger charge is 2.19. The van der Waals surface area contributed by atoms with Crippen LogP contribution in [-0.4, -0.2) is 14.9 Å². The lowest BCUT2D eigenvalue weighted by Gasteiger charge is -2.27. The van der Waals surface area contributed by atoms with Gasteiger partial charge in [-0.25, -0.2) is 0 Å². The topological polar surface area (TPSA) is 0 Å². The van der Waals surface area contributed by atoms with E-state index in [1.807, 2.05) is 0 Å². The van der Waals surface area contributed by atoms with Crippen molar-refractivity contribution in [1.82, 2.24) is 0 Å². The van der Waals surface area contributed by atoms with E-state index in [-0.39, 0.29) is 0 Å². The molecule has 3 radical (unpaired) electrons. The molecule has 0 aromatic rings. The Morgan fingerprint density at radius 2 is 1.91 bits per heavy atom. The van der Waals surface area contributed by atoms with Gasteiger partial charge >= 0.3 is 0 Å². The Bertz CT molecular complexity index is 93.6. The van der Waals surface area contributed by atoms with Crippen LogP contribution in [0.1, 0.15) is 46.5 Å². The standard InChI is InChI=1S/C9H19B2/c1-4-6-9(3,5-2)7-8-11-10/h4-8H2,1-3H3. The second-order valence-corrected chi connectivity index (χ2v) is 3.69. The Kier molecular flexibility index (Phi) is 5.81. The quantitative estimate of drug-likeness (QED) is 0.509. The molecule has 0 aromatic heterocycles. The molecule has 0 saturated carbocycles. The minimum absolute atomic E-state index is 0.532. The Labute approximate surface area is 73.8 Å². The highest BCUT2D eigenvalue weighted by Crippen LogP contribution is 2.32. The Balaban J connectivity index is 3.68. The average Bonchev–Trinajstić information content (AvgIpc) is 2.02. The lowest BCUT2D eigenvalue weighted by Crippen LogP contribution is -2.15. The van der Waals surface area contributed by atoms with Crippen LogP contribution in [0, 0.1) is 5.41 Å². The van der Waals surface area contributed by atoms with Crippen molar-refractivity contribution in [1.29, 1.82) is 0 Å². The predicted molar refractivity (Wildman–Crippen MR) is 54.2 cm³/mol. The van der Waals surface area contributed by atoms with Crippen LogP contribution in [0.25, 0.3) is 0 Å². The van der Waals surface area contributed by atoms with Crippen LogP contribution in [0.4, 0.5) is 0 Å². The molecule has 0 nitrogen and oxygen atoms in total. The molecule has 0 heterocycles. The van der Waals surface area contributed by atoms with Crippen molar-refractivity contribution in [3.8, 4) is 0 Å². The zero-order chi connectivity index (χ0) is 8.74. The van der Waals surface area contributed by atoms with Crippen LogP contribution >= 0.6 is 0 Å². The first-order valence-corrected chi connectivity index (χ1v) is 4.72. The van der Waals surface area contributed by atoms with Gasteiger partial charge in [-0.1, -0.05) is 46.4 Å². The number of hydrogen-bond donors (Lipinski definition) is 0. The van der Waals surface area contributed by atoms with E-state index in [0.29, 0.717) is 5.41 Å². The maximum absolute atomic E-state index is 5.36. The van der Waals surface area contributed by atoms with Gasteiger partial charge < -0.3 is 0 Å². The lowest BCUT2D eigenvalue weighted by atomic mass is 9.51. The van der Waals surface area contributed by atoms with E-state index < -0.39 is 0 Å². The molecule has 0 aliphatic rings. The molecule has 61 valence electrons. The summed E-state index contributed by atoms with van der Waals surface area (Å²) in [6.07, 6.45) is 6.19. The summed E-state index contributed by atoms with van der Waals surface area (Å²) in [6, 6.07) is 0. The minimum atomic E-state index is 0.532. The first kappa shape index (κ1) is 11.1. The molecule has 0 saturated heterocycles. The van der Waals surface area contributed by atoms with Crippen LogP contribution in [0.2, 0.25) is 6.32 Å².